The van der Waals surface area contributed by atoms with Crippen LogP contribution >= 0.6 is 0 Å². The Hall–Kier alpha value is -2.20. The van der Waals surface area contributed by atoms with Gasteiger partial charge in [-0.05, 0) is 44.1 Å². The maximum atomic E-state index is 12.2. The molecule has 0 radical (unpaired) electrons. The van der Waals surface area contributed by atoms with Crippen molar-refractivity contribution in [2.75, 3.05) is 25.0 Å². The fourth-order valence-electron chi connectivity index (χ4n) is 3.60. The van der Waals surface area contributed by atoms with Crippen LogP contribution in [0.3, 0.4) is 0 Å². The van der Waals surface area contributed by atoms with Crippen LogP contribution in [-0.2, 0) is 4.79 Å². The fourth-order valence-corrected chi connectivity index (χ4v) is 3.60. The van der Waals surface area contributed by atoms with Gasteiger partial charge in [0.1, 0.15) is 6.04 Å². The topological polar surface area (TPSA) is 93.9 Å². The number of rotatable bonds is 6. The summed E-state index contributed by atoms with van der Waals surface area (Å²) in [7, 11) is 0. The molecule has 1 saturated carbocycles. The molecule has 1 aromatic rings. The van der Waals surface area contributed by atoms with Gasteiger partial charge in [-0.25, -0.2) is 9.97 Å². The molecule has 3 atom stereocenters. The molecule has 1 aliphatic carbocycles. The Morgan fingerprint density at radius 1 is 1.33 bits per heavy atom. The summed E-state index contributed by atoms with van der Waals surface area (Å²) in [5.74, 6) is 1.29. The molecule has 2 fully saturated rings. The lowest BCUT2D eigenvalue weighted by molar-refractivity contribution is -0.130. The van der Waals surface area contributed by atoms with E-state index in [-0.39, 0.29) is 11.9 Å². The van der Waals surface area contributed by atoms with Crippen molar-refractivity contribution in [1.29, 1.82) is 5.26 Å². The van der Waals surface area contributed by atoms with Crippen molar-refractivity contribution < 1.29 is 4.79 Å². The molecule has 2 N–H and O–H groups in total. The second-order valence-electron chi connectivity index (χ2n) is 6.58. The highest BCUT2D eigenvalue weighted by atomic mass is 16.2. The molecule has 24 heavy (non-hydrogen) atoms. The van der Waals surface area contributed by atoms with E-state index in [4.69, 9.17) is 5.26 Å². The molecule has 128 valence electrons. The number of nitrogens with zero attached hydrogens (tertiary/aromatic N) is 4. The van der Waals surface area contributed by atoms with Crippen molar-refractivity contribution in [2.45, 2.75) is 44.2 Å². The summed E-state index contributed by atoms with van der Waals surface area (Å²) < 4.78 is 0. The summed E-state index contributed by atoms with van der Waals surface area (Å²) >= 11 is 0. The third-order valence-corrected chi connectivity index (χ3v) is 4.92. The zero-order valence-corrected chi connectivity index (χ0v) is 13.8. The van der Waals surface area contributed by atoms with Gasteiger partial charge in [-0.1, -0.05) is 0 Å². The van der Waals surface area contributed by atoms with E-state index in [1.54, 1.807) is 23.4 Å². The van der Waals surface area contributed by atoms with E-state index in [9.17, 15) is 4.79 Å². The first-order chi connectivity index (χ1) is 11.8. The summed E-state index contributed by atoms with van der Waals surface area (Å²) in [4.78, 5) is 22.3. The minimum atomic E-state index is -0.231. The van der Waals surface area contributed by atoms with E-state index < -0.39 is 0 Å². The second-order valence-corrected chi connectivity index (χ2v) is 6.58. The summed E-state index contributed by atoms with van der Waals surface area (Å²) in [5.41, 5.74) is 0. The second kappa shape index (κ2) is 8.06. The van der Waals surface area contributed by atoms with E-state index in [1.807, 2.05) is 0 Å². The zero-order chi connectivity index (χ0) is 16.8. The molecule has 3 unspecified atom stereocenters. The predicted molar refractivity (Wildman–Crippen MR) is 90.0 cm³/mol. The quantitative estimate of drug-likeness (QED) is 0.814. The fraction of sp³-hybridized carbons (Fsp3) is 0.647. The number of nitriles is 1. The van der Waals surface area contributed by atoms with Gasteiger partial charge in [-0.3, -0.25) is 4.79 Å². The molecule has 0 aromatic carbocycles. The number of hydrogen-bond acceptors (Lipinski definition) is 6. The van der Waals surface area contributed by atoms with E-state index in [2.05, 4.69) is 26.7 Å². The van der Waals surface area contributed by atoms with Crippen LogP contribution in [0.1, 0.15) is 32.1 Å². The number of hydrogen-bond donors (Lipinski definition) is 2. The van der Waals surface area contributed by atoms with E-state index in [1.165, 1.54) is 0 Å². The van der Waals surface area contributed by atoms with Crippen LogP contribution in [0, 0.1) is 17.2 Å². The van der Waals surface area contributed by atoms with Crippen LogP contribution in [-0.4, -0.2) is 52.5 Å². The predicted octanol–water partition coefficient (Wildman–Crippen LogP) is 1.16. The molecule has 0 bridgehead atoms. The lowest BCUT2D eigenvalue weighted by atomic mass is 10.1. The van der Waals surface area contributed by atoms with Crippen LogP contribution in [0.5, 0.6) is 0 Å². The minimum Gasteiger partial charge on any atom is -0.354 e. The maximum absolute atomic E-state index is 12.2. The van der Waals surface area contributed by atoms with Crippen molar-refractivity contribution in [3.63, 3.8) is 0 Å². The molecular weight excluding hydrogens is 304 g/mol. The lowest BCUT2D eigenvalue weighted by Gasteiger charge is -2.21. The molecule has 2 heterocycles. The molecule has 2 aliphatic rings. The van der Waals surface area contributed by atoms with Gasteiger partial charge < -0.3 is 15.5 Å². The van der Waals surface area contributed by atoms with Crippen LogP contribution in [0.2, 0.25) is 0 Å². The van der Waals surface area contributed by atoms with Gasteiger partial charge in [0.15, 0.2) is 0 Å². The lowest BCUT2D eigenvalue weighted by Crippen LogP contribution is -2.43. The first-order valence-corrected chi connectivity index (χ1v) is 8.69. The minimum absolute atomic E-state index is 0.0540. The first-order valence-electron chi connectivity index (χ1n) is 8.69. The van der Waals surface area contributed by atoms with Crippen LogP contribution in [0.4, 0.5) is 5.95 Å². The third kappa shape index (κ3) is 4.20. The summed E-state index contributed by atoms with van der Waals surface area (Å²) in [6.07, 6.45) is 8.46. The number of carbonyl (C=O) groups excluding carboxylic acids is 1. The summed E-state index contributed by atoms with van der Waals surface area (Å²) in [6, 6.07) is 4.16. The average Bonchev–Trinajstić information content (AvgIpc) is 3.28. The maximum Gasteiger partial charge on any atom is 0.237 e. The monoisotopic (exact) mass is 328 g/mol. The number of nitrogens with one attached hydrogen (secondary N) is 2. The standard InChI is InChI=1S/C17H24N6O/c18-10-15-3-1-8-23(15)16(24)12-21-14-5-4-13(9-14)11-22-17-19-6-2-7-20-17/h2,6-7,13-15,21H,1,3-5,8-9,11-12H2,(H,19,20,22). The van der Waals surface area contributed by atoms with E-state index in [0.29, 0.717) is 31.0 Å². The van der Waals surface area contributed by atoms with Crippen LogP contribution in [0.15, 0.2) is 18.5 Å². The van der Waals surface area contributed by atoms with E-state index in [0.717, 1.165) is 38.6 Å². The largest absolute Gasteiger partial charge is 0.354 e. The van der Waals surface area contributed by atoms with Gasteiger partial charge in [-0.15, -0.1) is 0 Å². The summed E-state index contributed by atoms with van der Waals surface area (Å²) in [5, 5.41) is 15.7. The Labute approximate surface area is 142 Å². The van der Waals surface area contributed by atoms with Crippen molar-refractivity contribution in [3.05, 3.63) is 18.5 Å². The first kappa shape index (κ1) is 16.7. The number of aromatic nitrogens is 2. The highest BCUT2D eigenvalue weighted by molar-refractivity contribution is 5.79. The molecular formula is C17H24N6O. The van der Waals surface area contributed by atoms with Gasteiger partial charge in [-0.2, -0.15) is 5.26 Å². The Bertz CT molecular complexity index is 586. The Morgan fingerprint density at radius 2 is 2.17 bits per heavy atom. The normalized spacial score (nSPS) is 26.3. The van der Waals surface area contributed by atoms with Crippen LogP contribution < -0.4 is 10.6 Å². The zero-order valence-electron chi connectivity index (χ0n) is 13.8. The van der Waals surface area contributed by atoms with Crippen molar-refractivity contribution >= 4 is 11.9 Å². The molecule has 1 amide bonds. The van der Waals surface area contributed by atoms with Crippen LogP contribution in [0.25, 0.3) is 0 Å². The van der Waals surface area contributed by atoms with Crippen molar-refractivity contribution in [1.82, 2.24) is 20.2 Å². The Morgan fingerprint density at radius 3 is 2.96 bits per heavy atom. The van der Waals surface area contributed by atoms with Crippen molar-refractivity contribution in [2.24, 2.45) is 5.92 Å². The van der Waals surface area contributed by atoms with Crippen molar-refractivity contribution in [3.8, 4) is 6.07 Å². The molecule has 1 aliphatic heterocycles. The molecule has 7 heteroatoms. The third-order valence-electron chi connectivity index (χ3n) is 4.92. The molecule has 1 saturated heterocycles. The SMILES string of the molecule is N#CC1CCCN1C(=O)CNC1CCC(CNc2ncccn2)C1. The average molecular weight is 328 g/mol. The highest BCUT2D eigenvalue weighted by Gasteiger charge is 2.30. The number of likely N-dealkylation sites (tertiary alicyclic amines) is 1. The number of anilines is 1. The smallest absolute Gasteiger partial charge is 0.237 e. The van der Waals surface area contributed by atoms with Gasteiger partial charge >= 0.3 is 0 Å². The van der Waals surface area contributed by atoms with Gasteiger partial charge in [0.25, 0.3) is 0 Å². The van der Waals surface area contributed by atoms with Gasteiger partial charge in [0.05, 0.1) is 12.6 Å². The molecule has 7 nitrogen and oxygen atoms in total. The Kier molecular flexibility index (Phi) is 5.59. The molecule has 1 aromatic heterocycles. The van der Waals surface area contributed by atoms with Gasteiger partial charge in [0, 0.05) is 31.5 Å². The van der Waals surface area contributed by atoms with Gasteiger partial charge in [0.2, 0.25) is 11.9 Å². The number of carbonyl (C=O) groups is 1. The molecule has 3 rings (SSSR count). The number of amides is 1. The highest BCUT2D eigenvalue weighted by Crippen LogP contribution is 2.25. The summed E-state index contributed by atoms with van der Waals surface area (Å²) in [6.45, 7) is 1.91. The molecule has 0 spiro atoms. The van der Waals surface area contributed by atoms with E-state index >= 15 is 0 Å². The Balaban J connectivity index is 1.37.